The third kappa shape index (κ3) is 3.95. The molecule has 7 heteroatoms. The number of likely N-dealkylation sites (tertiary alicyclic amines) is 1. The molecule has 2 amide bonds. The molecule has 2 heterocycles. The number of piperidine rings is 1. The van der Waals surface area contributed by atoms with Crippen molar-refractivity contribution in [2.75, 3.05) is 25.5 Å². The number of nitrogens with zero attached hydrogens (tertiary/aromatic N) is 3. The number of hydrogen-bond donors (Lipinski definition) is 2. The SMILES string of the molecule is CN1CCC(NC(=O)c2cc(NC(=O)C3CCCC3)n(C)n2)CC1. The van der Waals surface area contributed by atoms with E-state index in [-0.39, 0.29) is 23.8 Å². The van der Waals surface area contributed by atoms with Crippen molar-refractivity contribution in [3.05, 3.63) is 11.8 Å². The quantitative estimate of drug-likeness (QED) is 0.872. The molecule has 2 aliphatic rings. The van der Waals surface area contributed by atoms with Crippen molar-refractivity contribution >= 4 is 17.6 Å². The minimum Gasteiger partial charge on any atom is -0.348 e. The molecule has 1 aromatic heterocycles. The molecule has 0 aromatic carbocycles. The van der Waals surface area contributed by atoms with Crippen molar-refractivity contribution in [3.63, 3.8) is 0 Å². The molecule has 1 saturated carbocycles. The number of aromatic nitrogens is 2. The number of hydrogen-bond acceptors (Lipinski definition) is 4. The summed E-state index contributed by atoms with van der Waals surface area (Å²) in [4.78, 5) is 26.9. The summed E-state index contributed by atoms with van der Waals surface area (Å²) in [6.07, 6.45) is 6.06. The monoisotopic (exact) mass is 333 g/mol. The van der Waals surface area contributed by atoms with Crippen LogP contribution in [0.1, 0.15) is 49.0 Å². The lowest BCUT2D eigenvalue weighted by molar-refractivity contribution is -0.119. The van der Waals surface area contributed by atoms with Gasteiger partial charge in [-0.15, -0.1) is 0 Å². The Balaban J connectivity index is 1.58. The van der Waals surface area contributed by atoms with Crippen molar-refractivity contribution in [1.82, 2.24) is 20.0 Å². The number of nitrogens with one attached hydrogen (secondary N) is 2. The molecule has 132 valence electrons. The first-order chi connectivity index (χ1) is 11.5. The largest absolute Gasteiger partial charge is 0.348 e. The fourth-order valence-corrected chi connectivity index (χ4v) is 3.52. The first-order valence-electron chi connectivity index (χ1n) is 8.87. The van der Waals surface area contributed by atoms with Crippen LogP contribution in [-0.4, -0.2) is 52.7 Å². The van der Waals surface area contributed by atoms with E-state index >= 15 is 0 Å². The number of anilines is 1. The van der Waals surface area contributed by atoms with Gasteiger partial charge in [0.15, 0.2) is 5.69 Å². The van der Waals surface area contributed by atoms with Crippen molar-refractivity contribution in [2.24, 2.45) is 13.0 Å². The van der Waals surface area contributed by atoms with Gasteiger partial charge in [0.2, 0.25) is 5.91 Å². The minimum absolute atomic E-state index is 0.0396. The van der Waals surface area contributed by atoms with Gasteiger partial charge in [0.25, 0.3) is 5.91 Å². The molecule has 0 unspecified atom stereocenters. The van der Waals surface area contributed by atoms with Gasteiger partial charge in [-0.2, -0.15) is 5.10 Å². The maximum absolute atomic E-state index is 12.4. The van der Waals surface area contributed by atoms with E-state index in [9.17, 15) is 9.59 Å². The Morgan fingerprint density at radius 1 is 1.12 bits per heavy atom. The molecule has 0 atom stereocenters. The third-order valence-electron chi connectivity index (χ3n) is 5.14. The van der Waals surface area contributed by atoms with Gasteiger partial charge < -0.3 is 15.5 Å². The molecular formula is C17H27N5O2. The molecule has 2 fully saturated rings. The molecule has 0 bridgehead atoms. The van der Waals surface area contributed by atoms with Crippen molar-refractivity contribution in [2.45, 2.75) is 44.6 Å². The summed E-state index contributed by atoms with van der Waals surface area (Å²) in [5.41, 5.74) is 0.359. The van der Waals surface area contributed by atoms with Gasteiger partial charge in [0.05, 0.1) is 0 Å². The summed E-state index contributed by atoms with van der Waals surface area (Å²) in [6.45, 7) is 1.99. The predicted octanol–water partition coefficient (Wildman–Crippen LogP) is 1.37. The number of carbonyl (C=O) groups excluding carboxylic acids is 2. The van der Waals surface area contributed by atoms with E-state index in [0.29, 0.717) is 11.5 Å². The molecule has 1 saturated heterocycles. The normalized spacial score (nSPS) is 20.2. The van der Waals surface area contributed by atoms with Crippen LogP contribution in [0.2, 0.25) is 0 Å². The zero-order valence-corrected chi connectivity index (χ0v) is 14.5. The van der Waals surface area contributed by atoms with Gasteiger partial charge in [-0.3, -0.25) is 14.3 Å². The second-order valence-corrected chi connectivity index (χ2v) is 7.06. The highest BCUT2D eigenvalue weighted by atomic mass is 16.2. The van der Waals surface area contributed by atoms with Crippen molar-refractivity contribution < 1.29 is 9.59 Å². The summed E-state index contributed by atoms with van der Waals surface area (Å²) in [6, 6.07) is 1.86. The molecule has 0 radical (unpaired) electrons. The summed E-state index contributed by atoms with van der Waals surface area (Å²) < 4.78 is 1.57. The minimum atomic E-state index is -0.165. The molecule has 3 rings (SSSR count). The molecule has 24 heavy (non-hydrogen) atoms. The van der Waals surface area contributed by atoms with E-state index in [4.69, 9.17) is 0 Å². The maximum Gasteiger partial charge on any atom is 0.272 e. The lowest BCUT2D eigenvalue weighted by Crippen LogP contribution is -2.43. The average Bonchev–Trinajstić information content (AvgIpc) is 3.20. The first-order valence-corrected chi connectivity index (χ1v) is 8.87. The van der Waals surface area contributed by atoms with E-state index in [0.717, 1.165) is 51.6 Å². The lowest BCUT2D eigenvalue weighted by Gasteiger charge is -2.29. The second kappa shape index (κ2) is 7.34. The topological polar surface area (TPSA) is 79.3 Å². The summed E-state index contributed by atoms with van der Waals surface area (Å²) in [5, 5.41) is 10.2. The number of rotatable bonds is 4. The van der Waals surface area contributed by atoms with E-state index < -0.39 is 0 Å². The molecule has 2 N–H and O–H groups in total. The Kier molecular flexibility index (Phi) is 5.18. The first kappa shape index (κ1) is 17.0. The standard InChI is InChI=1S/C17H27N5O2/c1-21-9-7-13(8-10-21)18-17(24)14-11-15(22(2)20-14)19-16(23)12-5-3-4-6-12/h11-13H,3-10H2,1-2H3,(H,18,24)(H,19,23). The van der Waals surface area contributed by atoms with Gasteiger partial charge in [0, 0.05) is 25.1 Å². The summed E-state index contributed by atoms with van der Waals surface area (Å²) in [7, 11) is 3.84. The van der Waals surface area contributed by atoms with Crippen LogP contribution in [-0.2, 0) is 11.8 Å². The lowest BCUT2D eigenvalue weighted by atomic mass is 10.1. The van der Waals surface area contributed by atoms with Crippen molar-refractivity contribution in [3.8, 4) is 0 Å². The zero-order chi connectivity index (χ0) is 17.1. The van der Waals surface area contributed by atoms with Crippen LogP contribution in [0.5, 0.6) is 0 Å². The molecule has 1 aliphatic heterocycles. The Morgan fingerprint density at radius 3 is 2.46 bits per heavy atom. The molecule has 1 aliphatic carbocycles. The molecular weight excluding hydrogens is 306 g/mol. The molecule has 0 spiro atoms. The van der Waals surface area contributed by atoms with Crippen LogP contribution in [0, 0.1) is 5.92 Å². The van der Waals surface area contributed by atoms with E-state index in [1.54, 1.807) is 17.8 Å². The Hall–Kier alpha value is -1.89. The smallest absolute Gasteiger partial charge is 0.272 e. The van der Waals surface area contributed by atoms with Crippen LogP contribution in [0.3, 0.4) is 0 Å². The van der Waals surface area contributed by atoms with Gasteiger partial charge in [-0.1, -0.05) is 12.8 Å². The van der Waals surface area contributed by atoms with E-state index in [2.05, 4.69) is 27.7 Å². The predicted molar refractivity (Wildman–Crippen MR) is 91.8 cm³/mol. The van der Waals surface area contributed by atoms with Gasteiger partial charge in [0.1, 0.15) is 5.82 Å². The highest BCUT2D eigenvalue weighted by molar-refractivity contribution is 5.96. The Bertz CT molecular complexity index is 598. The fraction of sp³-hybridized carbons (Fsp3) is 0.706. The fourth-order valence-electron chi connectivity index (χ4n) is 3.52. The second-order valence-electron chi connectivity index (χ2n) is 7.06. The number of aryl methyl sites for hydroxylation is 1. The summed E-state index contributed by atoms with van der Waals surface area (Å²) in [5.74, 6) is 0.552. The molecule has 7 nitrogen and oxygen atoms in total. The van der Waals surface area contributed by atoms with Crippen LogP contribution >= 0.6 is 0 Å². The number of amides is 2. The van der Waals surface area contributed by atoms with E-state index in [1.807, 2.05) is 0 Å². The van der Waals surface area contributed by atoms with E-state index in [1.165, 1.54) is 0 Å². The highest BCUT2D eigenvalue weighted by Crippen LogP contribution is 2.26. The Labute approximate surface area is 142 Å². The zero-order valence-electron chi connectivity index (χ0n) is 14.5. The average molecular weight is 333 g/mol. The highest BCUT2D eigenvalue weighted by Gasteiger charge is 2.25. The van der Waals surface area contributed by atoms with Gasteiger partial charge >= 0.3 is 0 Å². The van der Waals surface area contributed by atoms with Crippen LogP contribution in [0.25, 0.3) is 0 Å². The van der Waals surface area contributed by atoms with Gasteiger partial charge in [-0.05, 0) is 45.8 Å². The molecule has 1 aromatic rings. The number of carbonyl (C=O) groups is 2. The summed E-state index contributed by atoms with van der Waals surface area (Å²) >= 11 is 0. The maximum atomic E-state index is 12.4. The van der Waals surface area contributed by atoms with Crippen LogP contribution in [0.4, 0.5) is 5.82 Å². The Morgan fingerprint density at radius 2 is 1.79 bits per heavy atom. The van der Waals surface area contributed by atoms with Crippen LogP contribution in [0.15, 0.2) is 6.07 Å². The third-order valence-corrected chi connectivity index (χ3v) is 5.14. The van der Waals surface area contributed by atoms with Gasteiger partial charge in [-0.25, -0.2) is 0 Å². The van der Waals surface area contributed by atoms with Crippen molar-refractivity contribution in [1.29, 1.82) is 0 Å². The van der Waals surface area contributed by atoms with Crippen LogP contribution < -0.4 is 10.6 Å².